The van der Waals surface area contributed by atoms with Crippen LogP contribution in [0.1, 0.15) is 31.1 Å². The zero-order valence-corrected chi connectivity index (χ0v) is 11.0. The molecule has 1 saturated heterocycles. The van der Waals surface area contributed by atoms with Gasteiger partial charge in [0.05, 0.1) is 6.04 Å². The molecular weight excluding hydrogens is 238 g/mol. The molecule has 0 saturated carbocycles. The molecule has 1 unspecified atom stereocenters. The SMILES string of the molecule is CC(=O)CCc1nc(C2CSCCN2C)no1. The van der Waals surface area contributed by atoms with Crippen LogP contribution in [0.3, 0.4) is 0 Å². The number of hydrogen-bond donors (Lipinski definition) is 0. The minimum atomic E-state index is 0.148. The summed E-state index contributed by atoms with van der Waals surface area (Å²) in [5.74, 6) is 3.62. The molecule has 0 spiro atoms. The van der Waals surface area contributed by atoms with Gasteiger partial charge in [-0.3, -0.25) is 4.90 Å². The van der Waals surface area contributed by atoms with Crippen molar-refractivity contribution in [3.8, 4) is 0 Å². The summed E-state index contributed by atoms with van der Waals surface area (Å²) in [6.45, 7) is 2.62. The largest absolute Gasteiger partial charge is 0.339 e. The molecule has 1 fully saturated rings. The lowest BCUT2D eigenvalue weighted by Gasteiger charge is -2.29. The summed E-state index contributed by atoms with van der Waals surface area (Å²) in [5.41, 5.74) is 0. The number of Topliss-reactive ketones (excluding diaryl/α,β-unsaturated/α-hetero) is 1. The van der Waals surface area contributed by atoms with Crippen molar-refractivity contribution in [3.05, 3.63) is 11.7 Å². The summed E-state index contributed by atoms with van der Waals surface area (Å²) in [5, 5.41) is 4.02. The summed E-state index contributed by atoms with van der Waals surface area (Å²) in [6.07, 6.45) is 1.02. The summed E-state index contributed by atoms with van der Waals surface area (Å²) in [7, 11) is 2.08. The van der Waals surface area contributed by atoms with E-state index < -0.39 is 0 Å². The van der Waals surface area contributed by atoms with Crippen molar-refractivity contribution in [2.75, 3.05) is 25.1 Å². The van der Waals surface area contributed by atoms with E-state index in [0.717, 1.165) is 23.9 Å². The van der Waals surface area contributed by atoms with E-state index in [4.69, 9.17) is 4.52 Å². The molecule has 0 amide bonds. The minimum Gasteiger partial charge on any atom is -0.339 e. The van der Waals surface area contributed by atoms with E-state index in [1.165, 1.54) is 0 Å². The average Bonchev–Trinajstić information content (AvgIpc) is 2.75. The Morgan fingerprint density at radius 3 is 3.18 bits per heavy atom. The number of carbonyl (C=O) groups is 1. The molecule has 1 atom stereocenters. The predicted octanol–water partition coefficient (Wildman–Crippen LogP) is 1.31. The van der Waals surface area contributed by atoms with Crippen molar-refractivity contribution in [1.82, 2.24) is 15.0 Å². The number of hydrogen-bond acceptors (Lipinski definition) is 6. The van der Waals surface area contributed by atoms with E-state index in [1.54, 1.807) is 6.92 Å². The van der Waals surface area contributed by atoms with E-state index >= 15 is 0 Å². The van der Waals surface area contributed by atoms with Crippen molar-refractivity contribution < 1.29 is 9.32 Å². The average molecular weight is 255 g/mol. The van der Waals surface area contributed by atoms with Gasteiger partial charge in [0.2, 0.25) is 5.89 Å². The third kappa shape index (κ3) is 3.29. The lowest BCUT2D eigenvalue weighted by atomic mass is 10.2. The lowest BCUT2D eigenvalue weighted by molar-refractivity contribution is -0.117. The van der Waals surface area contributed by atoms with Gasteiger partial charge in [-0.2, -0.15) is 16.7 Å². The van der Waals surface area contributed by atoms with Gasteiger partial charge in [-0.1, -0.05) is 5.16 Å². The van der Waals surface area contributed by atoms with Gasteiger partial charge in [-0.25, -0.2) is 0 Å². The first-order valence-electron chi connectivity index (χ1n) is 5.76. The van der Waals surface area contributed by atoms with Crippen molar-refractivity contribution in [2.24, 2.45) is 0 Å². The molecule has 94 valence electrons. The second kappa shape index (κ2) is 5.64. The van der Waals surface area contributed by atoms with Crippen LogP contribution in [0, 0.1) is 0 Å². The Balaban J connectivity index is 1.99. The van der Waals surface area contributed by atoms with E-state index in [0.29, 0.717) is 18.7 Å². The van der Waals surface area contributed by atoms with Crippen molar-refractivity contribution in [1.29, 1.82) is 0 Å². The Hall–Kier alpha value is -0.880. The topological polar surface area (TPSA) is 59.2 Å². The highest BCUT2D eigenvalue weighted by Crippen LogP contribution is 2.26. The zero-order chi connectivity index (χ0) is 12.3. The second-order valence-corrected chi connectivity index (χ2v) is 5.47. The van der Waals surface area contributed by atoms with Gasteiger partial charge < -0.3 is 9.32 Å². The molecule has 0 aliphatic carbocycles. The molecular formula is C11H17N3O2S. The van der Waals surface area contributed by atoms with Crippen molar-refractivity contribution >= 4 is 17.5 Å². The highest BCUT2D eigenvalue weighted by molar-refractivity contribution is 7.99. The van der Waals surface area contributed by atoms with Crippen LogP contribution < -0.4 is 0 Å². The maximum absolute atomic E-state index is 10.9. The lowest BCUT2D eigenvalue weighted by Crippen LogP contribution is -2.33. The molecule has 6 heteroatoms. The van der Waals surface area contributed by atoms with Crippen LogP contribution in [-0.4, -0.2) is 45.9 Å². The van der Waals surface area contributed by atoms with Gasteiger partial charge in [0.25, 0.3) is 0 Å². The number of carbonyl (C=O) groups excluding carboxylic acids is 1. The van der Waals surface area contributed by atoms with Crippen LogP contribution >= 0.6 is 11.8 Å². The maximum atomic E-state index is 10.9. The Morgan fingerprint density at radius 2 is 2.47 bits per heavy atom. The number of thioether (sulfide) groups is 1. The highest BCUT2D eigenvalue weighted by atomic mass is 32.2. The Kier molecular flexibility index (Phi) is 4.17. The zero-order valence-electron chi connectivity index (χ0n) is 10.2. The maximum Gasteiger partial charge on any atom is 0.227 e. The molecule has 1 aliphatic rings. The van der Waals surface area contributed by atoms with E-state index in [9.17, 15) is 4.79 Å². The van der Waals surface area contributed by atoms with Crippen LogP contribution in [0.4, 0.5) is 0 Å². The fraction of sp³-hybridized carbons (Fsp3) is 0.727. The fourth-order valence-electron chi connectivity index (χ4n) is 1.75. The molecule has 0 radical (unpaired) electrons. The number of aromatic nitrogens is 2. The standard InChI is InChI=1S/C11H17N3O2S/c1-8(15)3-4-10-12-11(13-16-10)9-7-17-6-5-14(9)2/h9H,3-7H2,1-2H3. The van der Waals surface area contributed by atoms with E-state index in [2.05, 4.69) is 22.1 Å². The molecule has 1 aromatic rings. The molecule has 1 aliphatic heterocycles. The molecule has 17 heavy (non-hydrogen) atoms. The molecule has 5 nitrogen and oxygen atoms in total. The predicted molar refractivity (Wildman–Crippen MR) is 66.0 cm³/mol. The Labute approximate surface area is 105 Å². The second-order valence-electron chi connectivity index (χ2n) is 4.32. The number of ketones is 1. The van der Waals surface area contributed by atoms with Gasteiger partial charge in [0.15, 0.2) is 5.82 Å². The van der Waals surface area contributed by atoms with Crippen LogP contribution in [0.25, 0.3) is 0 Å². The van der Waals surface area contributed by atoms with Gasteiger partial charge in [-0.15, -0.1) is 0 Å². The Bertz CT molecular complexity index is 394. The van der Waals surface area contributed by atoms with Crippen molar-refractivity contribution in [3.63, 3.8) is 0 Å². The van der Waals surface area contributed by atoms with Gasteiger partial charge in [-0.05, 0) is 14.0 Å². The molecule has 0 aromatic carbocycles. The molecule has 0 bridgehead atoms. The number of nitrogens with zero attached hydrogens (tertiary/aromatic N) is 3. The van der Waals surface area contributed by atoms with Crippen LogP contribution in [-0.2, 0) is 11.2 Å². The molecule has 2 rings (SSSR count). The van der Waals surface area contributed by atoms with Crippen LogP contribution in [0.2, 0.25) is 0 Å². The third-order valence-corrected chi connectivity index (χ3v) is 3.89. The van der Waals surface area contributed by atoms with E-state index in [1.807, 2.05) is 11.8 Å². The van der Waals surface area contributed by atoms with Gasteiger partial charge >= 0.3 is 0 Å². The van der Waals surface area contributed by atoms with E-state index in [-0.39, 0.29) is 11.8 Å². The van der Waals surface area contributed by atoms with Gasteiger partial charge in [0, 0.05) is 30.9 Å². The normalized spacial score (nSPS) is 21.6. The number of rotatable bonds is 4. The Morgan fingerprint density at radius 1 is 1.65 bits per heavy atom. The highest BCUT2D eigenvalue weighted by Gasteiger charge is 2.25. The summed E-state index contributed by atoms with van der Waals surface area (Å²) in [6, 6.07) is 0.239. The van der Waals surface area contributed by atoms with Crippen LogP contribution in [0.15, 0.2) is 4.52 Å². The first-order chi connectivity index (χ1) is 8.16. The first-order valence-corrected chi connectivity index (χ1v) is 6.92. The monoisotopic (exact) mass is 255 g/mol. The number of aryl methyl sites for hydroxylation is 1. The first kappa shape index (κ1) is 12.6. The minimum absolute atomic E-state index is 0.148. The fourth-order valence-corrected chi connectivity index (χ4v) is 2.96. The van der Waals surface area contributed by atoms with Crippen LogP contribution in [0.5, 0.6) is 0 Å². The van der Waals surface area contributed by atoms with Gasteiger partial charge in [0.1, 0.15) is 5.78 Å². The smallest absolute Gasteiger partial charge is 0.227 e. The summed E-state index contributed by atoms with van der Waals surface area (Å²) >= 11 is 1.91. The molecule has 2 heterocycles. The summed E-state index contributed by atoms with van der Waals surface area (Å²) < 4.78 is 5.17. The molecule has 1 aromatic heterocycles. The quantitative estimate of drug-likeness (QED) is 0.808. The summed E-state index contributed by atoms with van der Waals surface area (Å²) in [4.78, 5) is 17.5. The van der Waals surface area contributed by atoms with Crippen molar-refractivity contribution in [2.45, 2.75) is 25.8 Å². The third-order valence-electron chi connectivity index (χ3n) is 2.87. The molecule has 0 N–H and O–H groups in total.